The Bertz CT molecular complexity index is 1620. The van der Waals surface area contributed by atoms with Gasteiger partial charge in [0.05, 0.1) is 17.7 Å². The third kappa shape index (κ3) is 8.15. The van der Waals surface area contributed by atoms with Crippen LogP contribution in [0.5, 0.6) is 5.75 Å². The van der Waals surface area contributed by atoms with Crippen molar-refractivity contribution in [1.82, 2.24) is 10.2 Å². The summed E-state index contributed by atoms with van der Waals surface area (Å²) in [5.74, 6) is -0.389. The van der Waals surface area contributed by atoms with Crippen molar-refractivity contribution in [3.05, 3.63) is 125 Å². The summed E-state index contributed by atoms with van der Waals surface area (Å²) in [7, 11) is -2.75. The van der Waals surface area contributed by atoms with Crippen molar-refractivity contribution in [2.75, 3.05) is 24.5 Å². The number of sulfonamides is 1. The van der Waals surface area contributed by atoms with Crippen molar-refractivity contribution in [3.63, 3.8) is 0 Å². The Hall–Kier alpha value is -4.34. The first-order chi connectivity index (χ1) is 20.7. The lowest BCUT2D eigenvalue weighted by atomic mass is 10.0. The molecule has 10 heteroatoms. The Balaban J connectivity index is 1.78. The van der Waals surface area contributed by atoms with Crippen LogP contribution >= 0.6 is 11.6 Å². The van der Waals surface area contributed by atoms with Gasteiger partial charge >= 0.3 is 0 Å². The van der Waals surface area contributed by atoms with E-state index in [0.29, 0.717) is 17.3 Å². The molecule has 0 heterocycles. The van der Waals surface area contributed by atoms with E-state index < -0.39 is 28.5 Å². The van der Waals surface area contributed by atoms with Crippen LogP contribution in [-0.4, -0.2) is 51.4 Å². The minimum absolute atomic E-state index is 0.0275. The quantitative estimate of drug-likeness (QED) is 0.219. The molecule has 0 spiro atoms. The van der Waals surface area contributed by atoms with Gasteiger partial charge in [-0.1, -0.05) is 78.3 Å². The van der Waals surface area contributed by atoms with Gasteiger partial charge in [-0.3, -0.25) is 13.9 Å². The summed E-state index contributed by atoms with van der Waals surface area (Å²) < 4.78 is 34.3. The van der Waals surface area contributed by atoms with E-state index >= 15 is 0 Å². The summed E-state index contributed by atoms with van der Waals surface area (Å²) in [6.45, 7) is 1.72. The number of hydrogen-bond acceptors (Lipinski definition) is 5. The fourth-order valence-corrected chi connectivity index (χ4v) is 6.25. The predicted octanol–water partition coefficient (Wildman–Crippen LogP) is 5.32. The largest absolute Gasteiger partial charge is 0.497 e. The molecule has 224 valence electrons. The number of hydrogen-bond donors (Lipinski definition) is 1. The topological polar surface area (TPSA) is 96.0 Å². The zero-order valence-corrected chi connectivity index (χ0v) is 25.6. The first-order valence-corrected chi connectivity index (χ1v) is 15.6. The van der Waals surface area contributed by atoms with E-state index in [0.717, 1.165) is 15.4 Å². The summed E-state index contributed by atoms with van der Waals surface area (Å²) in [6.07, 6.45) is 0.244. The number of benzene rings is 4. The Morgan fingerprint density at radius 3 is 2.07 bits per heavy atom. The highest BCUT2D eigenvalue weighted by molar-refractivity contribution is 7.92. The predicted molar refractivity (Wildman–Crippen MR) is 169 cm³/mol. The van der Waals surface area contributed by atoms with Gasteiger partial charge in [-0.05, 0) is 60.5 Å². The average molecular weight is 620 g/mol. The Morgan fingerprint density at radius 2 is 1.49 bits per heavy atom. The molecule has 8 nitrogen and oxygen atoms in total. The van der Waals surface area contributed by atoms with Gasteiger partial charge in [-0.25, -0.2) is 8.42 Å². The lowest BCUT2D eigenvalue weighted by molar-refractivity contribution is -0.140. The van der Waals surface area contributed by atoms with Crippen LogP contribution < -0.4 is 14.4 Å². The number of amides is 2. The second-order valence-electron chi connectivity index (χ2n) is 9.77. The van der Waals surface area contributed by atoms with Gasteiger partial charge in [0.1, 0.15) is 18.3 Å². The molecule has 2 amide bonds. The molecule has 0 aliphatic heterocycles. The van der Waals surface area contributed by atoms with E-state index in [1.807, 2.05) is 67.6 Å². The van der Waals surface area contributed by atoms with Crippen LogP contribution in [0.3, 0.4) is 0 Å². The zero-order valence-electron chi connectivity index (χ0n) is 24.0. The number of carbonyl (C=O) groups is 2. The number of nitrogens with one attached hydrogen (secondary N) is 1. The van der Waals surface area contributed by atoms with Gasteiger partial charge in [0.2, 0.25) is 11.8 Å². The normalized spacial score (nSPS) is 11.8. The van der Waals surface area contributed by atoms with E-state index in [1.165, 1.54) is 42.3 Å². The van der Waals surface area contributed by atoms with Crippen LogP contribution in [0.1, 0.15) is 18.1 Å². The highest BCUT2D eigenvalue weighted by Gasteiger charge is 2.34. The highest BCUT2D eigenvalue weighted by atomic mass is 35.5. The number of likely N-dealkylation sites (N-methyl/N-ethyl adjacent to an activating group) is 1. The van der Waals surface area contributed by atoms with Crippen molar-refractivity contribution in [2.45, 2.75) is 30.8 Å². The standard InChI is InChI=1S/C33H34ClN3O5S/c1-3-35-33(39)31(21-25-11-6-4-7-12-25)36(23-26-13-8-5-9-14-26)32(38)24-37(28-16-10-15-27(34)22-28)43(40,41)30-19-17-29(42-2)18-20-30/h4-20,22,31H,3,21,23-24H2,1-2H3,(H,35,39)/t31-/m0/s1. The first kappa shape index (κ1) is 31.6. The van der Waals surface area contributed by atoms with Gasteiger partial charge in [0.25, 0.3) is 10.0 Å². The molecule has 0 fully saturated rings. The molecule has 4 aromatic carbocycles. The third-order valence-electron chi connectivity index (χ3n) is 6.84. The van der Waals surface area contributed by atoms with Crippen molar-refractivity contribution in [3.8, 4) is 5.75 Å². The molecule has 0 aliphatic carbocycles. The zero-order chi connectivity index (χ0) is 30.8. The molecule has 1 N–H and O–H groups in total. The summed E-state index contributed by atoms with van der Waals surface area (Å²) in [5.41, 5.74) is 1.88. The van der Waals surface area contributed by atoms with Crippen LogP contribution in [0, 0.1) is 0 Å². The lowest BCUT2D eigenvalue weighted by Crippen LogP contribution is -2.53. The van der Waals surface area contributed by atoms with Crippen molar-refractivity contribution in [2.24, 2.45) is 0 Å². The van der Waals surface area contributed by atoms with Gasteiger partial charge in [0.15, 0.2) is 0 Å². The Kier molecular flexibility index (Phi) is 10.8. The third-order valence-corrected chi connectivity index (χ3v) is 8.86. The van der Waals surface area contributed by atoms with Crippen molar-refractivity contribution in [1.29, 1.82) is 0 Å². The molecule has 0 saturated carbocycles. The first-order valence-electron chi connectivity index (χ1n) is 13.8. The Morgan fingerprint density at radius 1 is 0.860 bits per heavy atom. The number of rotatable bonds is 13. The number of methoxy groups -OCH3 is 1. The average Bonchev–Trinajstić information content (AvgIpc) is 3.02. The summed E-state index contributed by atoms with van der Waals surface area (Å²) >= 11 is 6.26. The summed E-state index contributed by atoms with van der Waals surface area (Å²) in [6, 6.07) is 30.0. The minimum Gasteiger partial charge on any atom is -0.497 e. The van der Waals surface area contributed by atoms with Crippen molar-refractivity contribution < 1.29 is 22.7 Å². The monoisotopic (exact) mass is 619 g/mol. The van der Waals surface area contributed by atoms with Crippen LogP contribution in [0.15, 0.2) is 114 Å². The molecule has 0 aromatic heterocycles. The number of halogens is 1. The molecule has 1 atom stereocenters. The molecule has 0 aliphatic rings. The summed E-state index contributed by atoms with van der Waals surface area (Å²) in [5, 5.41) is 3.16. The smallest absolute Gasteiger partial charge is 0.264 e. The van der Waals surface area contributed by atoms with Gasteiger partial charge < -0.3 is 15.0 Å². The maximum absolute atomic E-state index is 14.3. The van der Waals surface area contributed by atoms with E-state index in [4.69, 9.17) is 16.3 Å². The molecule has 43 heavy (non-hydrogen) atoms. The number of nitrogens with zero attached hydrogens (tertiary/aromatic N) is 2. The van der Waals surface area contributed by atoms with Crippen LogP contribution in [-0.2, 0) is 32.6 Å². The number of ether oxygens (including phenoxy) is 1. The number of carbonyl (C=O) groups excluding carboxylic acids is 2. The summed E-state index contributed by atoms with van der Waals surface area (Å²) in [4.78, 5) is 29.2. The van der Waals surface area contributed by atoms with Crippen LogP contribution in [0.2, 0.25) is 5.02 Å². The molecule has 0 radical (unpaired) electrons. The fourth-order valence-electron chi connectivity index (χ4n) is 4.66. The number of anilines is 1. The van der Waals surface area contributed by atoms with Crippen molar-refractivity contribution >= 4 is 39.1 Å². The SMILES string of the molecule is CCNC(=O)[C@H](Cc1ccccc1)N(Cc1ccccc1)C(=O)CN(c1cccc(Cl)c1)S(=O)(=O)c1ccc(OC)cc1. The second-order valence-corrected chi connectivity index (χ2v) is 12.1. The van der Waals surface area contributed by atoms with E-state index in [2.05, 4.69) is 5.32 Å². The lowest BCUT2D eigenvalue weighted by Gasteiger charge is -2.33. The highest BCUT2D eigenvalue weighted by Crippen LogP contribution is 2.28. The van der Waals surface area contributed by atoms with E-state index in [1.54, 1.807) is 18.2 Å². The molecular weight excluding hydrogens is 586 g/mol. The molecule has 0 bridgehead atoms. The Labute approximate surface area is 257 Å². The van der Waals surface area contributed by atoms with E-state index in [9.17, 15) is 18.0 Å². The van der Waals surface area contributed by atoms with Crippen LogP contribution in [0.4, 0.5) is 5.69 Å². The van der Waals surface area contributed by atoms with Gasteiger partial charge in [-0.2, -0.15) is 0 Å². The molecule has 4 rings (SSSR count). The molecule has 4 aromatic rings. The molecular formula is C33H34ClN3O5S. The van der Waals surface area contributed by atoms with Crippen LogP contribution in [0.25, 0.3) is 0 Å². The molecule has 0 unspecified atom stereocenters. The van der Waals surface area contributed by atoms with Gasteiger partial charge in [-0.15, -0.1) is 0 Å². The fraction of sp³-hybridized carbons (Fsp3) is 0.212. The minimum atomic E-state index is -4.24. The molecule has 0 saturated heterocycles. The second kappa shape index (κ2) is 14.7. The van der Waals surface area contributed by atoms with E-state index in [-0.39, 0.29) is 29.5 Å². The maximum atomic E-state index is 14.3. The van der Waals surface area contributed by atoms with Gasteiger partial charge in [0, 0.05) is 24.5 Å². The maximum Gasteiger partial charge on any atom is 0.264 e.